The highest BCUT2D eigenvalue weighted by atomic mass is 16.8. The van der Waals surface area contributed by atoms with E-state index in [0.717, 1.165) is 55.2 Å². The fourth-order valence-electron chi connectivity index (χ4n) is 9.80. The van der Waals surface area contributed by atoms with Gasteiger partial charge in [0, 0.05) is 39.2 Å². The summed E-state index contributed by atoms with van der Waals surface area (Å²) in [5, 5.41) is 24.0. The fraction of sp³-hybridized carbons (Fsp3) is 0.640. The first-order valence-corrected chi connectivity index (χ1v) is 23.6. The molecule has 2 aromatic carbocycles. The van der Waals surface area contributed by atoms with Gasteiger partial charge in [0.15, 0.2) is 11.8 Å². The number of benzene rings is 2. The Hall–Kier alpha value is -4.38. The minimum absolute atomic E-state index is 0.0380. The summed E-state index contributed by atoms with van der Waals surface area (Å²) in [5.74, 6) is -3.05. The van der Waals surface area contributed by atoms with Crippen molar-refractivity contribution in [3.05, 3.63) is 77.5 Å². The third kappa shape index (κ3) is 12.0. The molecule has 358 valence electrons. The topological polar surface area (TPSA) is 183 Å². The number of amides is 2. The van der Waals surface area contributed by atoms with Crippen molar-refractivity contribution in [1.29, 1.82) is 0 Å². The molecule has 0 aromatic heterocycles. The molecule has 1 aliphatic carbocycles. The predicted molar refractivity (Wildman–Crippen MR) is 241 cm³/mol. The number of nitrogens with zero attached hydrogens (tertiary/aromatic N) is 2. The Kier molecular flexibility index (Phi) is 17.3. The molecular weight excluding hydrogens is 835 g/mol. The average Bonchev–Trinajstić information content (AvgIpc) is 3.83. The lowest BCUT2D eigenvalue weighted by atomic mass is 9.62. The van der Waals surface area contributed by atoms with Crippen molar-refractivity contribution in [3.8, 4) is 0 Å². The molecule has 15 nitrogen and oxygen atoms in total. The van der Waals surface area contributed by atoms with Gasteiger partial charge in [0.05, 0.1) is 32.1 Å². The number of nitrogens with one attached hydrogen (secondary N) is 1. The minimum Gasteiger partial charge on any atom is -0.499 e. The van der Waals surface area contributed by atoms with Crippen LogP contribution in [0.5, 0.6) is 0 Å². The van der Waals surface area contributed by atoms with E-state index in [9.17, 15) is 19.5 Å². The lowest BCUT2D eigenvalue weighted by Gasteiger charge is -2.50. The van der Waals surface area contributed by atoms with Gasteiger partial charge in [0.2, 0.25) is 11.8 Å². The molecule has 3 saturated heterocycles. The number of rotatable bonds is 24. The minimum atomic E-state index is -1.56. The molecule has 8 atom stereocenters. The Morgan fingerprint density at radius 1 is 0.969 bits per heavy atom. The zero-order valence-electron chi connectivity index (χ0n) is 39.1. The summed E-state index contributed by atoms with van der Waals surface area (Å²) in [7, 11) is 1.57. The standard InChI is InChI=1S/C50H71N3O12/c1-7-9-14-24-49(25-15-10-8-2)63-41-39-31-50(43(46(58)61-39)53(65-44(50)42(41)64-49)32-36-20-16-19-35(29-36)23-27-60-28-26-54)47(59)52(6)38(30-34-17-12-11-13-18-34)45(57)51-37(33-55)21-22-40(56)62-48(3,4)5/h11-13,16-20,23,27,29,37-39,41-44,54-55H,7-10,14-15,21-22,24-26,28,30-33H2,1-6H3,(H,51,57)/t37-,38+,39?,41-,42-,43-,44+,50?/m0/s1. The highest BCUT2D eigenvalue weighted by Gasteiger charge is 2.76. The number of likely N-dealkylation sites (N-methyl/N-ethyl adjacent to an activating group) is 1. The molecule has 2 amide bonds. The van der Waals surface area contributed by atoms with E-state index in [1.165, 1.54) is 11.2 Å². The lowest BCUT2D eigenvalue weighted by Crippen LogP contribution is -2.70. The average molecular weight is 906 g/mol. The van der Waals surface area contributed by atoms with Crippen LogP contribution in [0.3, 0.4) is 0 Å². The van der Waals surface area contributed by atoms with Crippen LogP contribution >= 0.6 is 0 Å². The molecule has 65 heavy (non-hydrogen) atoms. The van der Waals surface area contributed by atoms with Crippen molar-refractivity contribution in [2.45, 2.75) is 172 Å². The summed E-state index contributed by atoms with van der Waals surface area (Å²) in [4.78, 5) is 66.0. The second-order valence-corrected chi connectivity index (χ2v) is 19.0. The largest absolute Gasteiger partial charge is 0.499 e. The van der Waals surface area contributed by atoms with Crippen LogP contribution in [0.25, 0.3) is 6.08 Å². The van der Waals surface area contributed by atoms with E-state index < -0.39 is 89.7 Å². The maximum Gasteiger partial charge on any atom is 0.327 e. The van der Waals surface area contributed by atoms with E-state index in [0.29, 0.717) is 12.8 Å². The normalized spacial score (nSPS) is 25.4. The highest BCUT2D eigenvalue weighted by Crippen LogP contribution is 2.58. The first kappa shape index (κ1) is 50.0. The second kappa shape index (κ2) is 22.4. The summed E-state index contributed by atoms with van der Waals surface area (Å²) in [6.45, 7) is 9.31. The van der Waals surface area contributed by atoms with Gasteiger partial charge in [-0.25, -0.2) is 0 Å². The molecule has 2 aromatic rings. The summed E-state index contributed by atoms with van der Waals surface area (Å²) < 4.78 is 31.2. The number of esters is 2. The monoisotopic (exact) mass is 906 g/mol. The number of hydrogen-bond donors (Lipinski definition) is 3. The molecule has 3 heterocycles. The van der Waals surface area contributed by atoms with E-state index in [2.05, 4.69) is 19.2 Å². The molecule has 4 aliphatic rings. The first-order chi connectivity index (χ1) is 31.2. The number of carbonyl (C=O) groups excluding carboxylic acids is 4. The third-order valence-corrected chi connectivity index (χ3v) is 12.9. The molecule has 3 N–H and O–H groups in total. The van der Waals surface area contributed by atoms with Crippen molar-refractivity contribution in [2.24, 2.45) is 5.41 Å². The van der Waals surface area contributed by atoms with Crippen molar-refractivity contribution in [2.75, 3.05) is 26.9 Å². The van der Waals surface area contributed by atoms with E-state index in [1.54, 1.807) is 39.0 Å². The van der Waals surface area contributed by atoms with Crippen LogP contribution in [-0.2, 0) is 60.7 Å². The molecular formula is C50H71N3O12. The van der Waals surface area contributed by atoms with Gasteiger partial charge in [-0.1, -0.05) is 94.1 Å². The van der Waals surface area contributed by atoms with Gasteiger partial charge in [-0.15, -0.1) is 0 Å². The first-order valence-electron chi connectivity index (χ1n) is 23.6. The predicted octanol–water partition coefficient (Wildman–Crippen LogP) is 5.78. The Morgan fingerprint density at radius 2 is 1.66 bits per heavy atom. The van der Waals surface area contributed by atoms with Crippen LogP contribution < -0.4 is 5.32 Å². The van der Waals surface area contributed by atoms with Crippen molar-refractivity contribution in [3.63, 3.8) is 0 Å². The number of fused-ring (bicyclic) bond motifs is 4. The molecule has 1 saturated carbocycles. The van der Waals surface area contributed by atoms with Crippen LogP contribution in [0.1, 0.15) is 122 Å². The van der Waals surface area contributed by atoms with Gasteiger partial charge in [-0.2, -0.15) is 5.06 Å². The molecule has 15 heteroatoms. The summed E-state index contributed by atoms with van der Waals surface area (Å²) in [5.41, 5.74) is 0.138. The maximum atomic E-state index is 15.9. The maximum absolute atomic E-state index is 15.9. The quantitative estimate of drug-likeness (QED) is 0.0656. The van der Waals surface area contributed by atoms with E-state index in [4.69, 9.17) is 33.6 Å². The van der Waals surface area contributed by atoms with Crippen LogP contribution in [0.4, 0.5) is 0 Å². The van der Waals surface area contributed by atoms with Gasteiger partial charge in [0.1, 0.15) is 48.1 Å². The summed E-state index contributed by atoms with van der Waals surface area (Å²) in [6.07, 6.45) is 7.32. The van der Waals surface area contributed by atoms with Crippen LogP contribution in [-0.4, -0.2) is 125 Å². The van der Waals surface area contributed by atoms with Gasteiger partial charge < -0.3 is 44.1 Å². The van der Waals surface area contributed by atoms with Gasteiger partial charge in [-0.3, -0.25) is 24.0 Å². The number of aliphatic hydroxyl groups is 2. The van der Waals surface area contributed by atoms with Crippen molar-refractivity contribution >= 4 is 29.8 Å². The van der Waals surface area contributed by atoms with Crippen molar-refractivity contribution < 1.29 is 57.9 Å². The molecule has 3 aliphatic heterocycles. The SMILES string of the molecule is CCCCCC1(CCCCC)O[C@@H]2[C@H]3ON(Cc4cccc(C=COCCO)c4)[C@H]4C(=O)OC(CC34C(=O)N(C)[C@H](Cc3ccccc3)C(=O)N[C@H](CO)CCC(=O)OC(C)(C)C)[C@@H]2O1. The van der Waals surface area contributed by atoms with Crippen molar-refractivity contribution in [1.82, 2.24) is 15.3 Å². The van der Waals surface area contributed by atoms with Gasteiger partial charge >= 0.3 is 11.9 Å². The number of ether oxygens (including phenoxy) is 5. The Labute approximate surface area is 384 Å². The molecule has 4 fully saturated rings. The lowest BCUT2D eigenvalue weighted by molar-refractivity contribution is -0.225. The summed E-state index contributed by atoms with van der Waals surface area (Å²) in [6, 6.07) is 13.8. The van der Waals surface area contributed by atoms with Crippen LogP contribution in [0.15, 0.2) is 60.9 Å². The fourth-order valence-corrected chi connectivity index (χ4v) is 9.80. The number of hydrogen-bond acceptors (Lipinski definition) is 13. The Morgan fingerprint density at radius 3 is 2.32 bits per heavy atom. The smallest absolute Gasteiger partial charge is 0.327 e. The third-order valence-electron chi connectivity index (χ3n) is 12.9. The number of unbranched alkanes of at least 4 members (excludes halogenated alkanes) is 4. The van der Waals surface area contributed by atoms with E-state index >= 15 is 4.79 Å². The zero-order valence-corrected chi connectivity index (χ0v) is 39.1. The molecule has 6 rings (SSSR count). The highest BCUT2D eigenvalue weighted by molar-refractivity contribution is 5.96. The summed E-state index contributed by atoms with van der Waals surface area (Å²) >= 11 is 0. The second-order valence-electron chi connectivity index (χ2n) is 19.0. The molecule has 0 radical (unpaired) electrons. The molecule has 0 spiro atoms. The van der Waals surface area contributed by atoms with E-state index in [1.807, 2.05) is 54.6 Å². The molecule has 2 bridgehead atoms. The van der Waals surface area contributed by atoms with Crippen LogP contribution in [0.2, 0.25) is 0 Å². The van der Waals surface area contributed by atoms with Crippen LogP contribution in [0, 0.1) is 5.41 Å². The van der Waals surface area contributed by atoms with Gasteiger partial charge in [0.25, 0.3) is 0 Å². The zero-order chi connectivity index (χ0) is 46.8. The Balaban J connectivity index is 1.36. The molecule has 2 unspecified atom stereocenters. The van der Waals surface area contributed by atoms with Gasteiger partial charge in [-0.05, 0) is 62.8 Å². The number of carbonyl (C=O) groups is 4. The Bertz CT molecular complexity index is 1930. The number of aliphatic hydroxyl groups excluding tert-OH is 2. The number of hydroxylamine groups is 2. The van der Waals surface area contributed by atoms with E-state index in [-0.39, 0.29) is 45.4 Å².